The van der Waals surface area contributed by atoms with Crippen molar-refractivity contribution in [2.45, 2.75) is 79.5 Å². The number of nitrogens with zero attached hydrogens (tertiary/aromatic N) is 3. The molecule has 1 fully saturated rings. The largest absolute Gasteiger partial charge is 0.444 e. The summed E-state index contributed by atoms with van der Waals surface area (Å²) < 4.78 is 5.53. The van der Waals surface area contributed by atoms with Crippen LogP contribution in [0.5, 0.6) is 0 Å². The van der Waals surface area contributed by atoms with Crippen molar-refractivity contribution in [3.8, 4) is 6.07 Å². The molecule has 1 unspecified atom stereocenters. The number of nitriles is 1. The number of benzene rings is 1. The van der Waals surface area contributed by atoms with Crippen LogP contribution in [-0.4, -0.2) is 53.1 Å². The van der Waals surface area contributed by atoms with Gasteiger partial charge >= 0.3 is 6.09 Å². The first-order valence-electron chi connectivity index (χ1n) is 11.4. The van der Waals surface area contributed by atoms with Crippen LogP contribution in [-0.2, 0) is 16.1 Å². The molecule has 0 aromatic heterocycles. The van der Waals surface area contributed by atoms with Crippen LogP contribution in [0.2, 0.25) is 5.02 Å². The van der Waals surface area contributed by atoms with Gasteiger partial charge in [-0.15, -0.1) is 0 Å². The lowest BCUT2D eigenvalue weighted by atomic mass is 9.89. The quantitative estimate of drug-likeness (QED) is 0.597. The summed E-state index contributed by atoms with van der Waals surface area (Å²) in [5.41, 5.74) is 1.64. The molecule has 1 aliphatic rings. The Labute approximate surface area is 203 Å². The number of piperazine rings is 1. The average molecular weight is 477 g/mol. The molecule has 2 rings (SSSR count). The Hall–Kier alpha value is -2.30. The molecule has 0 saturated carbocycles. The van der Waals surface area contributed by atoms with Crippen molar-refractivity contribution in [3.05, 3.63) is 28.3 Å². The first-order valence-corrected chi connectivity index (χ1v) is 11.8. The molecule has 1 heterocycles. The van der Waals surface area contributed by atoms with Gasteiger partial charge in [-0.1, -0.05) is 11.6 Å². The van der Waals surface area contributed by atoms with Gasteiger partial charge in [0.15, 0.2) is 0 Å². The van der Waals surface area contributed by atoms with Crippen molar-refractivity contribution in [1.29, 1.82) is 5.26 Å². The molecule has 1 aromatic carbocycles. The number of rotatable bonds is 6. The zero-order valence-corrected chi connectivity index (χ0v) is 21.7. The second kappa shape index (κ2) is 10.8. The highest BCUT2D eigenvalue weighted by molar-refractivity contribution is 6.31. The summed E-state index contributed by atoms with van der Waals surface area (Å²) in [7, 11) is 0. The monoisotopic (exact) mass is 476 g/mol. The summed E-state index contributed by atoms with van der Waals surface area (Å²) in [5.74, 6) is -0.130. The fourth-order valence-electron chi connectivity index (χ4n) is 3.73. The first kappa shape index (κ1) is 26.9. The van der Waals surface area contributed by atoms with Gasteiger partial charge in [-0.25, -0.2) is 4.79 Å². The molecular weight excluding hydrogens is 440 g/mol. The van der Waals surface area contributed by atoms with Crippen LogP contribution in [0, 0.1) is 23.7 Å². The van der Waals surface area contributed by atoms with E-state index >= 15 is 0 Å². The Morgan fingerprint density at radius 1 is 1.24 bits per heavy atom. The fourth-order valence-corrected chi connectivity index (χ4v) is 3.97. The smallest absolute Gasteiger partial charge is 0.410 e. The maximum Gasteiger partial charge on any atom is 0.410 e. The van der Waals surface area contributed by atoms with E-state index in [-0.39, 0.29) is 24.5 Å². The minimum Gasteiger partial charge on any atom is -0.444 e. The van der Waals surface area contributed by atoms with Crippen LogP contribution in [0.25, 0.3) is 0 Å². The van der Waals surface area contributed by atoms with Crippen molar-refractivity contribution >= 4 is 29.3 Å². The van der Waals surface area contributed by atoms with Gasteiger partial charge in [0.1, 0.15) is 5.60 Å². The first-order chi connectivity index (χ1) is 15.2. The number of halogens is 1. The number of nitrogens with one attached hydrogen (secondary N) is 1. The molecule has 33 heavy (non-hydrogen) atoms. The van der Waals surface area contributed by atoms with E-state index in [0.717, 1.165) is 24.2 Å². The van der Waals surface area contributed by atoms with Gasteiger partial charge in [0, 0.05) is 49.4 Å². The van der Waals surface area contributed by atoms with Gasteiger partial charge < -0.3 is 15.0 Å². The molecule has 7 nitrogen and oxygen atoms in total. The number of amides is 2. The number of ether oxygens (including phenoxy) is 1. The van der Waals surface area contributed by atoms with Crippen LogP contribution in [0.4, 0.5) is 10.5 Å². The second-order valence-electron chi connectivity index (χ2n) is 10.5. The van der Waals surface area contributed by atoms with E-state index in [9.17, 15) is 9.59 Å². The predicted octanol–water partition coefficient (Wildman–Crippen LogP) is 5.36. The Bertz CT molecular complexity index is 917. The van der Waals surface area contributed by atoms with E-state index in [1.165, 1.54) is 0 Å². The molecule has 182 valence electrons. The summed E-state index contributed by atoms with van der Waals surface area (Å²) in [4.78, 5) is 29.0. The Kier molecular flexibility index (Phi) is 8.78. The van der Waals surface area contributed by atoms with Crippen LogP contribution in [0.1, 0.15) is 65.5 Å². The van der Waals surface area contributed by atoms with Gasteiger partial charge in [0.2, 0.25) is 5.91 Å². The van der Waals surface area contributed by atoms with Gasteiger partial charge in [-0.05, 0) is 78.1 Å². The molecule has 8 heteroatoms. The van der Waals surface area contributed by atoms with E-state index in [0.29, 0.717) is 30.2 Å². The Morgan fingerprint density at radius 2 is 1.91 bits per heavy atom. The molecule has 1 aromatic rings. The van der Waals surface area contributed by atoms with Gasteiger partial charge in [-0.3, -0.25) is 9.69 Å². The fraction of sp³-hybridized carbons (Fsp3) is 0.640. The van der Waals surface area contributed by atoms with Crippen LogP contribution >= 0.6 is 11.6 Å². The maximum atomic E-state index is 12.5. The summed E-state index contributed by atoms with van der Waals surface area (Å²) in [6, 6.07) is 5.93. The predicted molar refractivity (Wildman–Crippen MR) is 131 cm³/mol. The number of anilines is 1. The van der Waals surface area contributed by atoms with Gasteiger partial charge in [0.25, 0.3) is 0 Å². The lowest BCUT2D eigenvalue weighted by molar-refractivity contribution is -0.116. The molecule has 1 atom stereocenters. The van der Waals surface area contributed by atoms with E-state index in [2.05, 4.69) is 16.3 Å². The highest BCUT2D eigenvalue weighted by Crippen LogP contribution is 2.28. The molecular formula is C25H37ClN4O3. The van der Waals surface area contributed by atoms with Crippen LogP contribution in [0.3, 0.4) is 0 Å². The third kappa shape index (κ3) is 8.21. The van der Waals surface area contributed by atoms with Crippen molar-refractivity contribution in [1.82, 2.24) is 9.80 Å². The highest BCUT2D eigenvalue weighted by atomic mass is 35.5. The summed E-state index contributed by atoms with van der Waals surface area (Å²) in [6.07, 6.45) is 0.478. The minimum absolute atomic E-state index is 0.0238. The molecule has 0 radical (unpaired) electrons. The zero-order valence-electron chi connectivity index (χ0n) is 20.9. The van der Waals surface area contributed by atoms with Gasteiger partial charge in [-0.2, -0.15) is 5.26 Å². The molecule has 0 aliphatic carbocycles. The number of carbonyl (C=O) groups excluding carboxylic acids is 2. The summed E-state index contributed by atoms with van der Waals surface area (Å²) in [6.45, 7) is 16.0. The third-order valence-electron chi connectivity index (χ3n) is 5.77. The SMILES string of the molecule is Cc1c(CN2CCN(C(=O)OC(C)(C)C)C(C)C2)cc(Cl)cc1NC(=O)CCC(C)(C)C#N. The van der Waals surface area contributed by atoms with E-state index in [1.54, 1.807) is 11.0 Å². The van der Waals surface area contributed by atoms with E-state index in [1.807, 2.05) is 54.5 Å². The zero-order chi connectivity index (χ0) is 25.0. The molecule has 0 spiro atoms. The van der Waals surface area contributed by atoms with Crippen LogP contribution in [0.15, 0.2) is 12.1 Å². The molecule has 1 saturated heterocycles. The highest BCUT2D eigenvalue weighted by Gasteiger charge is 2.31. The molecule has 1 aliphatic heterocycles. The van der Waals surface area contributed by atoms with E-state index < -0.39 is 11.0 Å². The number of carbonyl (C=O) groups is 2. The van der Waals surface area contributed by atoms with Gasteiger partial charge in [0.05, 0.1) is 11.5 Å². The van der Waals surface area contributed by atoms with Crippen molar-refractivity contribution in [3.63, 3.8) is 0 Å². The second-order valence-corrected chi connectivity index (χ2v) is 11.0. The third-order valence-corrected chi connectivity index (χ3v) is 5.99. The lowest BCUT2D eigenvalue weighted by Crippen LogP contribution is -2.54. The standard InChI is InChI=1S/C25H37ClN4O3/c1-17-14-29(10-11-30(17)23(32)33-24(3,4)5)15-19-12-20(26)13-21(18(19)2)28-22(31)8-9-25(6,7)16-27/h12-13,17H,8-11,14-15H2,1-7H3,(H,28,31). The van der Waals surface area contributed by atoms with Crippen molar-refractivity contribution in [2.75, 3.05) is 25.0 Å². The summed E-state index contributed by atoms with van der Waals surface area (Å²) >= 11 is 6.37. The van der Waals surface area contributed by atoms with Crippen molar-refractivity contribution < 1.29 is 14.3 Å². The molecule has 2 amide bonds. The topological polar surface area (TPSA) is 85.7 Å². The summed E-state index contributed by atoms with van der Waals surface area (Å²) in [5, 5.41) is 12.7. The molecule has 0 bridgehead atoms. The Balaban J connectivity index is 2.03. The minimum atomic E-state index is -0.538. The number of hydrogen-bond donors (Lipinski definition) is 1. The van der Waals surface area contributed by atoms with Crippen LogP contribution < -0.4 is 5.32 Å². The number of hydrogen-bond acceptors (Lipinski definition) is 5. The van der Waals surface area contributed by atoms with Crippen molar-refractivity contribution in [2.24, 2.45) is 5.41 Å². The maximum absolute atomic E-state index is 12.5. The lowest BCUT2D eigenvalue weighted by Gasteiger charge is -2.40. The average Bonchev–Trinajstić information content (AvgIpc) is 2.68. The normalized spacial score (nSPS) is 17.4. The molecule has 1 N–H and O–H groups in total. The Morgan fingerprint density at radius 3 is 2.48 bits per heavy atom. The van der Waals surface area contributed by atoms with E-state index in [4.69, 9.17) is 21.6 Å².